The molecule has 8 aromatic rings. The van der Waals surface area contributed by atoms with Gasteiger partial charge in [0.05, 0.1) is 5.41 Å². The zero-order valence-electron chi connectivity index (χ0n) is 29.3. The van der Waals surface area contributed by atoms with Crippen molar-refractivity contribution in [2.75, 3.05) is 0 Å². The van der Waals surface area contributed by atoms with Crippen LogP contribution in [0.15, 0.2) is 164 Å². The Hall–Kier alpha value is -6.65. The van der Waals surface area contributed by atoms with E-state index in [1.165, 1.54) is 38.9 Å². The van der Waals surface area contributed by atoms with Crippen LogP contribution in [0.2, 0.25) is 0 Å². The van der Waals surface area contributed by atoms with Crippen LogP contribution >= 0.6 is 0 Å². The normalized spacial score (nSPS) is 14.7. The van der Waals surface area contributed by atoms with Gasteiger partial charge in [0.1, 0.15) is 11.5 Å². The van der Waals surface area contributed by atoms with Gasteiger partial charge >= 0.3 is 0 Å². The molecule has 2 heterocycles. The van der Waals surface area contributed by atoms with Gasteiger partial charge in [-0.05, 0) is 62.7 Å². The van der Waals surface area contributed by atoms with Crippen LogP contribution in [-0.2, 0) is 10.8 Å². The third-order valence-corrected chi connectivity index (χ3v) is 11.6. The van der Waals surface area contributed by atoms with E-state index in [4.69, 9.17) is 19.7 Å². The van der Waals surface area contributed by atoms with Crippen LogP contribution in [0.3, 0.4) is 0 Å². The Kier molecular flexibility index (Phi) is 6.19. The summed E-state index contributed by atoms with van der Waals surface area (Å²) in [4.78, 5) is 15.4. The molecule has 11 rings (SSSR count). The fourth-order valence-electron chi connectivity index (χ4n) is 9.25. The Morgan fingerprint density at radius 2 is 0.887 bits per heavy atom. The van der Waals surface area contributed by atoms with Crippen LogP contribution in [0.5, 0.6) is 11.5 Å². The maximum Gasteiger partial charge on any atom is 0.164 e. The molecule has 0 N–H and O–H groups in total. The Bertz CT molecular complexity index is 2680. The molecule has 1 spiro atoms. The first-order valence-electron chi connectivity index (χ1n) is 18.2. The second-order valence-corrected chi connectivity index (χ2v) is 14.7. The number of nitrogens with zero attached hydrogens (tertiary/aromatic N) is 3. The van der Waals surface area contributed by atoms with Crippen molar-refractivity contribution < 1.29 is 4.74 Å². The molecule has 0 radical (unpaired) electrons. The minimum absolute atomic E-state index is 0.299. The quantitative estimate of drug-likeness (QED) is 0.186. The van der Waals surface area contributed by atoms with Crippen molar-refractivity contribution >= 4 is 0 Å². The van der Waals surface area contributed by atoms with Crippen molar-refractivity contribution in [2.24, 2.45) is 0 Å². The number of para-hydroxylation sites is 1. The van der Waals surface area contributed by atoms with E-state index < -0.39 is 5.41 Å². The number of benzene rings is 7. The highest BCUT2D eigenvalue weighted by Crippen LogP contribution is 2.64. The van der Waals surface area contributed by atoms with E-state index in [1.807, 2.05) is 36.4 Å². The fourth-order valence-corrected chi connectivity index (χ4v) is 9.25. The Morgan fingerprint density at radius 3 is 1.53 bits per heavy atom. The average molecular weight is 680 g/mol. The molecule has 53 heavy (non-hydrogen) atoms. The third kappa shape index (κ3) is 4.09. The molecule has 4 heteroatoms. The highest BCUT2D eigenvalue weighted by Gasteiger charge is 2.52. The van der Waals surface area contributed by atoms with Gasteiger partial charge in [0.15, 0.2) is 17.5 Å². The molecule has 1 aromatic heterocycles. The molecule has 0 saturated carbocycles. The van der Waals surface area contributed by atoms with Crippen molar-refractivity contribution in [3.63, 3.8) is 0 Å². The van der Waals surface area contributed by atoms with Crippen LogP contribution < -0.4 is 4.74 Å². The Balaban J connectivity index is 1.21. The van der Waals surface area contributed by atoms with Crippen LogP contribution in [0.25, 0.3) is 56.4 Å². The van der Waals surface area contributed by atoms with Gasteiger partial charge in [0.25, 0.3) is 0 Å². The van der Waals surface area contributed by atoms with Gasteiger partial charge in [-0.2, -0.15) is 0 Å². The lowest BCUT2D eigenvalue weighted by atomic mass is 9.65. The molecule has 0 saturated heterocycles. The first-order chi connectivity index (χ1) is 26.0. The monoisotopic (exact) mass is 679 g/mol. The maximum absolute atomic E-state index is 6.92. The summed E-state index contributed by atoms with van der Waals surface area (Å²) in [6.07, 6.45) is 0. The number of aromatic nitrogens is 3. The molecule has 4 nitrogen and oxygen atoms in total. The van der Waals surface area contributed by atoms with E-state index in [2.05, 4.69) is 141 Å². The number of hydrogen-bond acceptors (Lipinski definition) is 4. The number of hydrogen-bond donors (Lipinski definition) is 0. The minimum atomic E-state index is -0.553. The molecule has 0 amide bonds. The summed E-state index contributed by atoms with van der Waals surface area (Å²) in [5.74, 6) is 3.75. The highest BCUT2D eigenvalue weighted by molar-refractivity contribution is 5.95. The van der Waals surface area contributed by atoms with Crippen molar-refractivity contribution in [1.82, 2.24) is 15.0 Å². The van der Waals surface area contributed by atoms with Crippen LogP contribution in [0.4, 0.5) is 0 Å². The molecule has 0 atom stereocenters. The van der Waals surface area contributed by atoms with Gasteiger partial charge in [0, 0.05) is 33.2 Å². The van der Waals surface area contributed by atoms with E-state index in [0.29, 0.717) is 17.5 Å². The average Bonchev–Trinajstić information content (AvgIpc) is 3.63. The highest BCUT2D eigenvalue weighted by atomic mass is 16.5. The summed E-state index contributed by atoms with van der Waals surface area (Å²) in [6, 6.07) is 58.0. The lowest BCUT2D eigenvalue weighted by Gasteiger charge is -2.40. The predicted octanol–water partition coefficient (Wildman–Crippen LogP) is 11.6. The Morgan fingerprint density at radius 1 is 0.377 bits per heavy atom. The van der Waals surface area contributed by atoms with Crippen LogP contribution in [0.1, 0.15) is 47.2 Å². The van der Waals surface area contributed by atoms with Gasteiger partial charge in [-0.1, -0.05) is 159 Å². The molecule has 2 aliphatic carbocycles. The molecule has 7 aromatic carbocycles. The lowest BCUT2D eigenvalue weighted by molar-refractivity contribution is 0.435. The van der Waals surface area contributed by atoms with Gasteiger partial charge in [-0.3, -0.25) is 0 Å². The lowest BCUT2D eigenvalue weighted by Crippen LogP contribution is -2.32. The Labute approximate surface area is 308 Å². The fraction of sp³-hybridized carbons (Fsp3) is 0.0816. The minimum Gasteiger partial charge on any atom is -0.457 e. The maximum atomic E-state index is 6.92. The van der Waals surface area contributed by atoms with Crippen molar-refractivity contribution in [1.29, 1.82) is 0 Å². The summed E-state index contributed by atoms with van der Waals surface area (Å²) < 4.78 is 6.92. The number of rotatable bonds is 3. The van der Waals surface area contributed by atoms with Crippen molar-refractivity contribution in [2.45, 2.75) is 24.7 Å². The second kappa shape index (κ2) is 10.9. The van der Waals surface area contributed by atoms with Crippen LogP contribution in [0, 0.1) is 0 Å². The molecule has 1 aliphatic heterocycles. The smallest absolute Gasteiger partial charge is 0.164 e. The van der Waals surface area contributed by atoms with Crippen LogP contribution in [-0.4, -0.2) is 15.0 Å². The number of ether oxygens (including phenoxy) is 1. The molecule has 250 valence electrons. The van der Waals surface area contributed by atoms with E-state index in [0.717, 1.165) is 44.9 Å². The van der Waals surface area contributed by atoms with Crippen molar-refractivity contribution in [3.8, 4) is 67.9 Å². The number of fused-ring (bicyclic) bond motifs is 12. The second-order valence-electron chi connectivity index (χ2n) is 14.7. The summed E-state index contributed by atoms with van der Waals surface area (Å²) in [7, 11) is 0. The van der Waals surface area contributed by atoms with E-state index in [9.17, 15) is 0 Å². The van der Waals surface area contributed by atoms with Gasteiger partial charge in [-0.15, -0.1) is 0 Å². The zero-order valence-corrected chi connectivity index (χ0v) is 29.3. The molecular weight excluding hydrogens is 647 g/mol. The van der Waals surface area contributed by atoms with Gasteiger partial charge in [-0.25, -0.2) is 15.0 Å². The van der Waals surface area contributed by atoms with E-state index in [1.54, 1.807) is 0 Å². The predicted molar refractivity (Wildman–Crippen MR) is 211 cm³/mol. The molecule has 0 bridgehead atoms. The summed E-state index contributed by atoms with van der Waals surface area (Å²) in [5.41, 5.74) is 14.3. The largest absolute Gasteiger partial charge is 0.457 e. The molecular formula is C49H33N3O. The summed E-state index contributed by atoms with van der Waals surface area (Å²) in [5, 5.41) is 0. The first-order valence-corrected chi connectivity index (χ1v) is 18.2. The summed E-state index contributed by atoms with van der Waals surface area (Å²) >= 11 is 0. The third-order valence-electron chi connectivity index (χ3n) is 11.6. The molecule has 0 unspecified atom stereocenters. The van der Waals surface area contributed by atoms with Crippen molar-refractivity contribution in [3.05, 3.63) is 197 Å². The zero-order chi connectivity index (χ0) is 35.3. The van der Waals surface area contributed by atoms with E-state index in [-0.39, 0.29) is 5.41 Å². The van der Waals surface area contributed by atoms with Gasteiger partial charge in [0.2, 0.25) is 0 Å². The van der Waals surface area contributed by atoms with E-state index >= 15 is 0 Å². The summed E-state index contributed by atoms with van der Waals surface area (Å²) in [6.45, 7) is 4.64. The van der Waals surface area contributed by atoms with Gasteiger partial charge < -0.3 is 4.74 Å². The topological polar surface area (TPSA) is 47.9 Å². The molecule has 0 fully saturated rings. The standard InChI is InChI=1S/C49H33N3O/c1-48(2)39-26-15-22-34(47-51-45(30-16-5-3-6-17-30)50-46(52-47)31-18-7-4-8-19-31)44(39)35-28-41-43(29-40(35)48)53-42-27-14-13-25-38(42)49(41)36-23-11-9-20-32(36)33-21-10-12-24-37(33)49/h3-29H,1-2H3. The molecule has 3 aliphatic rings. The SMILES string of the molecule is CC1(C)c2cc3c(cc2-c2c(-c4nc(-c5ccccc5)nc(-c5ccccc5)n4)cccc21)C1(c2ccccc2O3)c2ccccc2-c2ccccc21. The first kappa shape index (κ1) is 30.0.